The van der Waals surface area contributed by atoms with Gasteiger partial charge in [0.25, 0.3) is 0 Å². The molecule has 0 aliphatic heterocycles. The largest absolute Gasteiger partial charge is 0.337 e. The van der Waals surface area contributed by atoms with Crippen molar-refractivity contribution in [2.45, 2.75) is 32.9 Å². The van der Waals surface area contributed by atoms with E-state index in [1.807, 2.05) is 13.8 Å². The van der Waals surface area contributed by atoms with Crippen LogP contribution >= 0.6 is 0 Å². The molecule has 0 aliphatic rings. The number of hydrogen-bond acceptors (Lipinski definition) is 5. The molecule has 112 valence electrons. The van der Waals surface area contributed by atoms with Gasteiger partial charge in [0.1, 0.15) is 0 Å². The standard InChI is InChI=1S/C13H17N5O3/c1-3-8(2)16-13(20)15-7-11-17-12(18-21-11)9-4-5-14-10(19)6-9/h4-6,8H,3,7H2,1-2H3,(H,14,19)(H2,15,16,20). The Bertz CT molecular complexity index is 664. The smallest absolute Gasteiger partial charge is 0.315 e. The fourth-order valence-corrected chi connectivity index (χ4v) is 1.56. The van der Waals surface area contributed by atoms with E-state index in [1.54, 1.807) is 6.07 Å². The van der Waals surface area contributed by atoms with Gasteiger partial charge >= 0.3 is 6.03 Å². The number of carbonyl (C=O) groups excluding carboxylic acids is 1. The Morgan fingerprint density at radius 2 is 2.33 bits per heavy atom. The van der Waals surface area contributed by atoms with Gasteiger partial charge in [-0.25, -0.2) is 4.79 Å². The third kappa shape index (κ3) is 4.16. The summed E-state index contributed by atoms with van der Waals surface area (Å²) in [6.45, 7) is 4.02. The lowest BCUT2D eigenvalue weighted by atomic mass is 10.2. The Morgan fingerprint density at radius 3 is 3.05 bits per heavy atom. The Labute approximate surface area is 121 Å². The predicted octanol–water partition coefficient (Wildman–Crippen LogP) is 1.02. The number of aromatic amines is 1. The summed E-state index contributed by atoms with van der Waals surface area (Å²) in [5, 5.41) is 9.16. The molecule has 8 heteroatoms. The third-order valence-corrected chi connectivity index (χ3v) is 2.89. The molecule has 21 heavy (non-hydrogen) atoms. The van der Waals surface area contributed by atoms with Gasteiger partial charge in [-0.2, -0.15) is 4.98 Å². The van der Waals surface area contributed by atoms with Crippen LogP contribution in [0.25, 0.3) is 11.4 Å². The number of amides is 2. The topological polar surface area (TPSA) is 113 Å². The van der Waals surface area contributed by atoms with Crippen LogP contribution in [0.3, 0.4) is 0 Å². The lowest BCUT2D eigenvalue weighted by Gasteiger charge is -2.11. The van der Waals surface area contributed by atoms with E-state index in [4.69, 9.17) is 4.52 Å². The van der Waals surface area contributed by atoms with Gasteiger partial charge in [0.05, 0.1) is 6.54 Å². The van der Waals surface area contributed by atoms with Crippen molar-refractivity contribution in [3.8, 4) is 11.4 Å². The van der Waals surface area contributed by atoms with Crippen molar-refractivity contribution in [3.05, 3.63) is 34.6 Å². The van der Waals surface area contributed by atoms with E-state index in [0.717, 1.165) is 6.42 Å². The molecule has 0 spiro atoms. The van der Waals surface area contributed by atoms with Crippen LogP contribution in [0, 0.1) is 0 Å². The highest BCUT2D eigenvalue weighted by atomic mass is 16.5. The third-order valence-electron chi connectivity index (χ3n) is 2.89. The first-order chi connectivity index (χ1) is 10.1. The summed E-state index contributed by atoms with van der Waals surface area (Å²) < 4.78 is 5.02. The minimum Gasteiger partial charge on any atom is -0.337 e. The first kappa shape index (κ1) is 14.8. The maximum Gasteiger partial charge on any atom is 0.315 e. The summed E-state index contributed by atoms with van der Waals surface area (Å²) in [7, 11) is 0. The van der Waals surface area contributed by atoms with E-state index in [9.17, 15) is 9.59 Å². The number of nitrogens with zero attached hydrogens (tertiary/aromatic N) is 2. The Hall–Kier alpha value is -2.64. The Morgan fingerprint density at radius 1 is 1.52 bits per heavy atom. The second-order valence-corrected chi connectivity index (χ2v) is 4.59. The molecular weight excluding hydrogens is 274 g/mol. The Balaban J connectivity index is 1.95. The van der Waals surface area contributed by atoms with Gasteiger partial charge in [0, 0.05) is 23.9 Å². The summed E-state index contributed by atoms with van der Waals surface area (Å²) in [4.78, 5) is 29.4. The van der Waals surface area contributed by atoms with Crippen LogP contribution in [-0.2, 0) is 6.54 Å². The van der Waals surface area contributed by atoms with Gasteiger partial charge in [-0.3, -0.25) is 4.79 Å². The quantitative estimate of drug-likeness (QED) is 0.761. The number of H-pyrrole nitrogens is 1. The van der Waals surface area contributed by atoms with Crippen molar-refractivity contribution in [1.82, 2.24) is 25.8 Å². The van der Waals surface area contributed by atoms with E-state index in [0.29, 0.717) is 11.4 Å². The maximum absolute atomic E-state index is 11.5. The molecule has 1 unspecified atom stereocenters. The average molecular weight is 291 g/mol. The molecule has 0 fully saturated rings. The molecule has 2 rings (SSSR count). The number of pyridine rings is 1. The van der Waals surface area contributed by atoms with Crippen molar-refractivity contribution in [2.24, 2.45) is 0 Å². The molecule has 0 radical (unpaired) electrons. The summed E-state index contributed by atoms with van der Waals surface area (Å²) in [6.07, 6.45) is 2.35. The fraction of sp³-hybridized carbons (Fsp3) is 0.385. The molecule has 0 aromatic carbocycles. The summed E-state index contributed by atoms with van der Waals surface area (Å²) >= 11 is 0. The van der Waals surface area contributed by atoms with Crippen LogP contribution in [0.1, 0.15) is 26.2 Å². The van der Waals surface area contributed by atoms with Gasteiger partial charge < -0.3 is 20.1 Å². The van der Waals surface area contributed by atoms with Crippen LogP contribution in [0.15, 0.2) is 27.6 Å². The number of carbonyl (C=O) groups is 1. The highest BCUT2D eigenvalue weighted by Crippen LogP contribution is 2.12. The van der Waals surface area contributed by atoms with Crippen LogP contribution in [0.2, 0.25) is 0 Å². The average Bonchev–Trinajstić information content (AvgIpc) is 2.94. The van der Waals surface area contributed by atoms with E-state index in [-0.39, 0.29) is 30.1 Å². The van der Waals surface area contributed by atoms with Crippen molar-refractivity contribution >= 4 is 6.03 Å². The molecule has 2 amide bonds. The SMILES string of the molecule is CCC(C)NC(=O)NCc1nc(-c2cc[nH]c(=O)c2)no1. The van der Waals surface area contributed by atoms with Gasteiger partial charge in [-0.1, -0.05) is 12.1 Å². The van der Waals surface area contributed by atoms with E-state index in [2.05, 4.69) is 25.8 Å². The zero-order valence-electron chi connectivity index (χ0n) is 11.8. The van der Waals surface area contributed by atoms with Crippen molar-refractivity contribution in [3.63, 3.8) is 0 Å². The lowest BCUT2D eigenvalue weighted by molar-refractivity contribution is 0.235. The van der Waals surface area contributed by atoms with Gasteiger partial charge in [-0.15, -0.1) is 0 Å². The van der Waals surface area contributed by atoms with E-state index < -0.39 is 0 Å². The maximum atomic E-state index is 11.5. The minimum atomic E-state index is -0.291. The summed E-state index contributed by atoms with van der Waals surface area (Å²) in [5.74, 6) is 0.574. The first-order valence-corrected chi connectivity index (χ1v) is 6.64. The van der Waals surface area contributed by atoms with Gasteiger partial charge in [0.15, 0.2) is 0 Å². The summed E-state index contributed by atoms with van der Waals surface area (Å²) in [6, 6.07) is 2.84. The minimum absolute atomic E-state index is 0.0966. The highest BCUT2D eigenvalue weighted by Gasteiger charge is 2.10. The van der Waals surface area contributed by atoms with Gasteiger partial charge in [0.2, 0.25) is 17.3 Å². The molecular formula is C13H17N5O3. The van der Waals surface area contributed by atoms with E-state index >= 15 is 0 Å². The number of rotatable bonds is 5. The molecule has 0 bridgehead atoms. The van der Waals surface area contributed by atoms with Gasteiger partial charge in [-0.05, 0) is 19.4 Å². The summed E-state index contributed by atoms with van der Waals surface area (Å²) in [5.41, 5.74) is 0.308. The second-order valence-electron chi connectivity index (χ2n) is 4.59. The van der Waals surface area contributed by atoms with Crippen molar-refractivity contribution < 1.29 is 9.32 Å². The number of nitrogens with one attached hydrogen (secondary N) is 3. The molecule has 0 saturated carbocycles. The fourth-order valence-electron chi connectivity index (χ4n) is 1.56. The predicted molar refractivity (Wildman–Crippen MR) is 75.5 cm³/mol. The monoisotopic (exact) mass is 291 g/mol. The van der Waals surface area contributed by atoms with Crippen molar-refractivity contribution in [2.75, 3.05) is 0 Å². The van der Waals surface area contributed by atoms with Crippen LogP contribution < -0.4 is 16.2 Å². The van der Waals surface area contributed by atoms with Crippen LogP contribution in [0.4, 0.5) is 4.79 Å². The molecule has 0 aliphatic carbocycles. The number of urea groups is 1. The molecule has 2 aromatic rings. The molecule has 3 N–H and O–H groups in total. The number of aromatic nitrogens is 3. The normalized spacial score (nSPS) is 11.9. The second kappa shape index (κ2) is 6.69. The highest BCUT2D eigenvalue weighted by molar-refractivity contribution is 5.74. The first-order valence-electron chi connectivity index (χ1n) is 6.64. The van der Waals surface area contributed by atoms with Crippen LogP contribution in [0.5, 0.6) is 0 Å². The molecule has 1 atom stereocenters. The zero-order valence-corrected chi connectivity index (χ0v) is 11.8. The molecule has 2 aromatic heterocycles. The van der Waals surface area contributed by atoms with Crippen molar-refractivity contribution in [1.29, 1.82) is 0 Å². The lowest BCUT2D eigenvalue weighted by Crippen LogP contribution is -2.40. The molecule has 2 heterocycles. The number of hydrogen-bond donors (Lipinski definition) is 3. The van der Waals surface area contributed by atoms with Crippen LogP contribution in [-0.4, -0.2) is 27.2 Å². The Kier molecular flexibility index (Phi) is 4.70. The molecule has 8 nitrogen and oxygen atoms in total. The molecule has 0 saturated heterocycles. The zero-order chi connectivity index (χ0) is 15.2. The van der Waals surface area contributed by atoms with E-state index in [1.165, 1.54) is 12.3 Å².